The maximum atomic E-state index is 12.6. The van der Waals surface area contributed by atoms with E-state index >= 15 is 0 Å². The lowest BCUT2D eigenvalue weighted by molar-refractivity contribution is 0.205. The Morgan fingerprint density at radius 1 is 1.38 bits per heavy atom. The number of aryl methyl sites for hydroxylation is 2. The SMILES string of the molecule is Cc1nc(S(=O)(=O)N2CC[C@@H](Oc3nccnc3C#N)C2)cn1C. The van der Waals surface area contributed by atoms with Crippen molar-refractivity contribution in [3.63, 3.8) is 0 Å². The Morgan fingerprint density at radius 2 is 2.12 bits per heavy atom. The van der Waals surface area contributed by atoms with Gasteiger partial charge in [-0.2, -0.15) is 9.57 Å². The maximum Gasteiger partial charge on any atom is 0.262 e. The van der Waals surface area contributed by atoms with Gasteiger partial charge >= 0.3 is 0 Å². The smallest absolute Gasteiger partial charge is 0.262 e. The molecule has 10 heteroatoms. The Kier molecular flexibility index (Phi) is 4.21. The zero-order valence-corrected chi connectivity index (χ0v) is 14.1. The summed E-state index contributed by atoms with van der Waals surface area (Å²) in [5.41, 5.74) is 0.0826. The molecule has 3 rings (SSSR count). The molecule has 0 saturated carbocycles. The van der Waals surface area contributed by atoms with Crippen molar-refractivity contribution in [1.82, 2.24) is 23.8 Å². The molecule has 1 atom stereocenters. The normalized spacial score (nSPS) is 18.5. The second kappa shape index (κ2) is 6.18. The molecule has 1 saturated heterocycles. The molecule has 24 heavy (non-hydrogen) atoms. The highest BCUT2D eigenvalue weighted by molar-refractivity contribution is 7.89. The molecule has 1 fully saturated rings. The average Bonchev–Trinajstić information content (AvgIpc) is 3.16. The van der Waals surface area contributed by atoms with E-state index in [0.29, 0.717) is 18.8 Å². The van der Waals surface area contributed by atoms with Crippen LogP contribution in [-0.4, -0.2) is 51.4 Å². The predicted molar refractivity (Wildman–Crippen MR) is 82.5 cm³/mol. The first-order valence-corrected chi connectivity index (χ1v) is 8.73. The van der Waals surface area contributed by atoms with Crippen molar-refractivity contribution in [1.29, 1.82) is 5.26 Å². The van der Waals surface area contributed by atoms with Crippen molar-refractivity contribution in [3.8, 4) is 11.9 Å². The van der Waals surface area contributed by atoms with Crippen LogP contribution in [0, 0.1) is 18.3 Å². The fraction of sp³-hybridized carbons (Fsp3) is 0.429. The molecule has 0 N–H and O–H groups in total. The lowest BCUT2D eigenvalue weighted by Gasteiger charge is -2.15. The van der Waals surface area contributed by atoms with E-state index in [1.54, 1.807) is 18.5 Å². The second-order valence-electron chi connectivity index (χ2n) is 5.45. The number of rotatable bonds is 4. The van der Waals surface area contributed by atoms with E-state index < -0.39 is 10.0 Å². The number of nitriles is 1. The minimum absolute atomic E-state index is 0.0281. The van der Waals surface area contributed by atoms with Crippen LogP contribution in [0.5, 0.6) is 5.88 Å². The Hall–Kier alpha value is -2.51. The summed E-state index contributed by atoms with van der Waals surface area (Å²) in [4.78, 5) is 11.9. The van der Waals surface area contributed by atoms with Gasteiger partial charge in [0, 0.05) is 32.2 Å². The minimum atomic E-state index is -3.66. The highest BCUT2D eigenvalue weighted by atomic mass is 32.2. The van der Waals surface area contributed by atoms with Crippen LogP contribution in [0.25, 0.3) is 0 Å². The van der Waals surface area contributed by atoms with Gasteiger partial charge < -0.3 is 9.30 Å². The second-order valence-corrected chi connectivity index (χ2v) is 7.34. The Morgan fingerprint density at radius 3 is 2.79 bits per heavy atom. The number of hydrogen-bond donors (Lipinski definition) is 0. The fourth-order valence-corrected chi connectivity index (χ4v) is 3.95. The van der Waals surface area contributed by atoms with Crippen LogP contribution < -0.4 is 4.74 Å². The van der Waals surface area contributed by atoms with Gasteiger partial charge in [0.05, 0.1) is 6.54 Å². The number of nitrogens with zero attached hydrogens (tertiary/aromatic N) is 6. The molecule has 0 spiro atoms. The minimum Gasteiger partial charge on any atom is -0.471 e. The summed E-state index contributed by atoms with van der Waals surface area (Å²) >= 11 is 0. The van der Waals surface area contributed by atoms with Gasteiger partial charge in [-0.15, -0.1) is 0 Å². The molecule has 2 aromatic heterocycles. The summed E-state index contributed by atoms with van der Waals surface area (Å²) in [6.07, 6.45) is 4.45. The van der Waals surface area contributed by atoms with E-state index in [1.165, 1.54) is 22.9 Å². The van der Waals surface area contributed by atoms with E-state index in [2.05, 4.69) is 15.0 Å². The summed E-state index contributed by atoms with van der Waals surface area (Å²) < 4.78 is 33.9. The van der Waals surface area contributed by atoms with Crippen molar-refractivity contribution < 1.29 is 13.2 Å². The Bertz CT molecular complexity index is 882. The first kappa shape index (κ1) is 16.4. The molecule has 126 valence electrons. The summed E-state index contributed by atoms with van der Waals surface area (Å²) in [5, 5.41) is 9.03. The molecule has 0 radical (unpaired) electrons. The number of aromatic nitrogens is 4. The highest BCUT2D eigenvalue weighted by Gasteiger charge is 2.35. The molecule has 1 aliphatic heterocycles. The van der Waals surface area contributed by atoms with Crippen molar-refractivity contribution in [2.45, 2.75) is 24.5 Å². The monoisotopic (exact) mass is 348 g/mol. The number of sulfonamides is 1. The molecule has 1 aliphatic rings. The first-order valence-electron chi connectivity index (χ1n) is 7.29. The van der Waals surface area contributed by atoms with Crippen LogP contribution in [0.3, 0.4) is 0 Å². The van der Waals surface area contributed by atoms with Gasteiger partial charge in [-0.05, 0) is 13.3 Å². The van der Waals surface area contributed by atoms with Crippen molar-refractivity contribution in [3.05, 3.63) is 30.1 Å². The van der Waals surface area contributed by atoms with Gasteiger partial charge in [0.15, 0.2) is 5.03 Å². The molecule has 0 unspecified atom stereocenters. The third-order valence-corrected chi connectivity index (χ3v) is 5.58. The third kappa shape index (κ3) is 2.95. The van der Waals surface area contributed by atoms with Gasteiger partial charge in [0.2, 0.25) is 5.69 Å². The Labute approximate surface area is 139 Å². The lowest BCUT2D eigenvalue weighted by atomic mass is 10.3. The zero-order chi connectivity index (χ0) is 17.3. The van der Waals surface area contributed by atoms with E-state index in [0.717, 1.165) is 0 Å². The van der Waals surface area contributed by atoms with E-state index in [9.17, 15) is 8.42 Å². The van der Waals surface area contributed by atoms with Crippen molar-refractivity contribution >= 4 is 10.0 Å². The van der Waals surface area contributed by atoms with Crippen LogP contribution in [0.4, 0.5) is 0 Å². The fourth-order valence-electron chi connectivity index (χ4n) is 2.44. The molecule has 9 nitrogen and oxygen atoms in total. The summed E-state index contributed by atoms with van der Waals surface area (Å²) in [6.45, 7) is 2.25. The highest BCUT2D eigenvalue weighted by Crippen LogP contribution is 2.23. The van der Waals surface area contributed by atoms with Crippen LogP contribution in [0.1, 0.15) is 17.9 Å². The summed E-state index contributed by atoms with van der Waals surface area (Å²) in [7, 11) is -1.92. The topological polar surface area (TPSA) is 114 Å². The predicted octanol–water partition coefficient (Wildman–Crippen LogP) is 0.232. The summed E-state index contributed by atoms with van der Waals surface area (Å²) in [6, 6.07) is 1.90. The average molecular weight is 348 g/mol. The van der Waals surface area contributed by atoms with Gasteiger partial charge in [-0.1, -0.05) is 0 Å². The van der Waals surface area contributed by atoms with Crippen molar-refractivity contribution in [2.75, 3.05) is 13.1 Å². The molecule has 0 aliphatic carbocycles. The van der Waals surface area contributed by atoms with Crippen LogP contribution in [0.2, 0.25) is 0 Å². The Balaban J connectivity index is 1.74. The van der Waals surface area contributed by atoms with Crippen LogP contribution in [-0.2, 0) is 17.1 Å². The molecule has 0 aromatic carbocycles. The van der Waals surface area contributed by atoms with E-state index in [-0.39, 0.29) is 29.2 Å². The van der Waals surface area contributed by atoms with E-state index in [1.807, 2.05) is 6.07 Å². The third-order valence-electron chi connectivity index (χ3n) is 3.85. The summed E-state index contributed by atoms with van der Waals surface area (Å²) in [5.74, 6) is 0.747. The molecule has 0 bridgehead atoms. The number of hydrogen-bond acceptors (Lipinski definition) is 7. The van der Waals surface area contributed by atoms with Crippen LogP contribution >= 0.6 is 0 Å². The van der Waals surface area contributed by atoms with Crippen LogP contribution in [0.15, 0.2) is 23.6 Å². The van der Waals surface area contributed by atoms with Gasteiger partial charge in [0.25, 0.3) is 15.9 Å². The molecular formula is C14H16N6O3S. The first-order chi connectivity index (χ1) is 11.4. The van der Waals surface area contributed by atoms with Gasteiger partial charge in [-0.25, -0.2) is 23.4 Å². The van der Waals surface area contributed by atoms with Crippen molar-refractivity contribution in [2.24, 2.45) is 7.05 Å². The number of ether oxygens (including phenoxy) is 1. The van der Waals surface area contributed by atoms with Gasteiger partial charge in [0.1, 0.15) is 18.0 Å². The molecule has 3 heterocycles. The molecular weight excluding hydrogens is 332 g/mol. The van der Waals surface area contributed by atoms with E-state index in [4.69, 9.17) is 10.00 Å². The lowest BCUT2D eigenvalue weighted by Crippen LogP contribution is -2.31. The largest absolute Gasteiger partial charge is 0.471 e. The number of imidazole rings is 1. The standard InChI is InChI=1S/C14H16N6O3S/c1-10-18-13(9-19(10)2)24(21,22)20-6-3-11(8-20)23-14-12(7-15)16-4-5-17-14/h4-5,9,11H,3,6,8H2,1-2H3/t11-/m1/s1. The maximum absolute atomic E-state index is 12.6. The quantitative estimate of drug-likeness (QED) is 0.777. The van der Waals surface area contributed by atoms with Gasteiger partial charge in [-0.3, -0.25) is 0 Å². The zero-order valence-electron chi connectivity index (χ0n) is 13.2. The molecule has 2 aromatic rings. The molecule has 0 amide bonds.